The van der Waals surface area contributed by atoms with Crippen LogP contribution in [0.3, 0.4) is 0 Å². The summed E-state index contributed by atoms with van der Waals surface area (Å²) in [6.45, 7) is 2.07. The molecule has 3 aromatic carbocycles. The van der Waals surface area contributed by atoms with Gasteiger partial charge in [-0.2, -0.15) is 0 Å². The van der Waals surface area contributed by atoms with Crippen molar-refractivity contribution in [3.8, 4) is 0 Å². The lowest BCUT2D eigenvalue weighted by Crippen LogP contribution is -2.35. The van der Waals surface area contributed by atoms with E-state index in [2.05, 4.69) is 18.3 Å². The van der Waals surface area contributed by atoms with Gasteiger partial charge in [0.1, 0.15) is 0 Å². The predicted molar refractivity (Wildman–Crippen MR) is 112 cm³/mol. The smallest absolute Gasteiger partial charge is 0.258 e. The molecule has 2 amide bonds. The largest absolute Gasteiger partial charge is 0.326 e. The third kappa shape index (κ3) is 3.67. The van der Waals surface area contributed by atoms with Crippen LogP contribution in [0, 0.1) is 0 Å². The average molecular weight is 370 g/mol. The Morgan fingerprint density at radius 3 is 2.36 bits per heavy atom. The predicted octanol–water partition coefficient (Wildman–Crippen LogP) is 4.46. The highest BCUT2D eigenvalue weighted by Gasteiger charge is 2.31. The molecule has 0 radical (unpaired) electrons. The zero-order valence-corrected chi connectivity index (χ0v) is 15.8. The van der Waals surface area contributed by atoms with Crippen LogP contribution in [0.5, 0.6) is 0 Å². The van der Waals surface area contributed by atoms with E-state index in [1.165, 1.54) is 5.56 Å². The topological polar surface area (TPSA) is 49.4 Å². The van der Waals surface area contributed by atoms with Gasteiger partial charge in [-0.3, -0.25) is 9.59 Å². The van der Waals surface area contributed by atoms with E-state index in [-0.39, 0.29) is 17.9 Å². The molecule has 28 heavy (non-hydrogen) atoms. The average Bonchev–Trinajstić information content (AvgIpc) is 3.04. The number of para-hydroxylation sites is 1. The van der Waals surface area contributed by atoms with Crippen LogP contribution in [-0.2, 0) is 17.6 Å². The molecule has 0 spiro atoms. The lowest BCUT2D eigenvalue weighted by Gasteiger charge is -2.23. The molecular weight excluding hydrogens is 348 g/mol. The maximum absolute atomic E-state index is 13.0. The van der Waals surface area contributed by atoms with Crippen LogP contribution in [0.25, 0.3) is 0 Å². The molecule has 1 atom stereocenters. The molecule has 140 valence electrons. The molecule has 4 nitrogen and oxygen atoms in total. The fourth-order valence-electron chi connectivity index (χ4n) is 3.70. The maximum Gasteiger partial charge on any atom is 0.258 e. The van der Waals surface area contributed by atoms with Crippen LogP contribution in [0.1, 0.15) is 28.4 Å². The zero-order chi connectivity index (χ0) is 19.5. The van der Waals surface area contributed by atoms with Crippen molar-refractivity contribution in [1.82, 2.24) is 0 Å². The van der Waals surface area contributed by atoms with Gasteiger partial charge in [-0.15, -0.1) is 0 Å². The molecule has 0 aromatic heterocycles. The van der Waals surface area contributed by atoms with Crippen molar-refractivity contribution in [2.45, 2.75) is 25.8 Å². The zero-order valence-electron chi connectivity index (χ0n) is 15.8. The summed E-state index contributed by atoms with van der Waals surface area (Å²) in [4.78, 5) is 27.1. The summed E-state index contributed by atoms with van der Waals surface area (Å²) in [5, 5.41) is 2.89. The monoisotopic (exact) mass is 370 g/mol. The number of benzene rings is 3. The highest BCUT2D eigenvalue weighted by Crippen LogP contribution is 2.33. The number of nitrogens with zero attached hydrogens (tertiary/aromatic N) is 1. The number of anilines is 2. The summed E-state index contributed by atoms with van der Waals surface area (Å²) in [5.74, 6) is -0.0908. The second-order valence-corrected chi connectivity index (χ2v) is 7.14. The lowest BCUT2D eigenvalue weighted by molar-refractivity contribution is -0.115. The Morgan fingerprint density at radius 2 is 1.61 bits per heavy atom. The van der Waals surface area contributed by atoms with Crippen molar-refractivity contribution in [3.63, 3.8) is 0 Å². The quantitative estimate of drug-likeness (QED) is 0.737. The first-order valence-electron chi connectivity index (χ1n) is 9.47. The highest BCUT2D eigenvalue weighted by atomic mass is 16.2. The van der Waals surface area contributed by atoms with E-state index in [9.17, 15) is 9.59 Å². The van der Waals surface area contributed by atoms with Gasteiger partial charge < -0.3 is 10.2 Å². The maximum atomic E-state index is 13.0. The number of hydrogen-bond donors (Lipinski definition) is 1. The van der Waals surface area contributed by atoms with Crippen LogP contribution in [0.4, 0.5) is 11.4 Å². The van der Waals surface area contributed by atoms with Crippen molar-refractivity contribution >= 4 is 23.2 Å². The number of amides is 2. The van der Waals surface area contributed by atoms with Gasteiger partial charge in [-0.1, -0.05) is 48.5 Å². The van der Waals surface area contributed by atoms with Crippen molar-refractivity contribution in [2.24, 2.45) is 0 Å². The Labute approximate surface area is 164 Å². The molecule has 0 aliphatic carbocycles. The third-order valence-corrected chi connectivity index (χ3v) is 5.05. The lowest BCUT2D eigenvalue weighted by atomic mass is 10.1. The number of nitrogens with one attached hydrogen (secondary N) is 1. The van der Waals surface area contributed by atoms with E-state index in [4.69, 9.17) is 0 Å². The summed E-state index contributed by atoms with van der Waals surface area (Å²) in [7, 11) is 0. The highest BCUT2D eigenvalue weighted by molar-refractivity contribution is 6.08. The Hall–Kier alpha value is -3.40. The first kappa shape index (κ1) is 18.0. The molecule has 3 aromatic rings. The second kappa shape index (κ2) is 7.69. The minimum absolute atomic E-state index is 0.0142. The van der Waals surface area contributed by atoms with Crippen molar-refractivity contribution in [1.29, 1.82) is 0 Å². The number of rotatable bonds is 4. The molecule has 0 fully saturated rings. The van der Waals surface area contributed by atoms with Gasteiger partial charge in [0.2, 0.25) is 5.91 Å². The first-order chi connectivity index (χ1) is 13.6. The first-order valence-corrected chi connectivity index (χ1v) is 9.47. The van der Waals surface area contributed by atoms with E-state index in [1.54, 1.807) is 24.3 Å². The van der Waals surface area contributed by atoms with Crippen molar-refractivity contribution in [3.05, 3.63) is 95.6 Å². The van der Waals surface area contributed by atoms with E-state index >= 15 is 0 Å². The van der Waals surface area contributed by atoms with Crippen LogP contribution in [-0.4, -0.2) is 17.9 Å². The number of carbonyl (C=O) groups is 2. The fraction of sp³-hybridized carbons (Fsp3) is 0.167. The van der Waals surface area contributed by atoms with Gasteiger partial charge in [0.05, 0.1) is 6.42 Å². The molecule has 1 unspecified atom stereocenters. The standard InChI is InChI=1S/C24H22N2O2/c1-17-15-20-9-5-6-10-22(20)26(17)24(28)19-11-13-21(14-12-19)25-23(27)16-18-7-3-2-4-8-18/h2-14,17H,15-16H2,1H3,(H,25,27). The van der Waals surface area contributed by atoms with Gasteiger partial charge in [-0.25, -0.2) is 0 Å². The second-order valence-electron chi connectivity index (χ2n) is 7.14. The van der Waals surface area contributed by atoms with Gasteiger partial charge in [-0.05, 0) is 54.8 Å². The molecule has 0 bridgehead atoms. The van der Waals surface area contributed by atoms with Crippen LogP contribution in [0.2, 0.25) is 0 Å². The molecular formula is C24H22N2O2. The Kier molecular flexibility index (Phi) is 4.94. The van der Waals surface area contributed by atoms with Gasteiger partial charge >= 0.3 is 0 Å². The Balaban J connectivity index is 1.45. The summed E-state index contributed by atoms with van der Waals surface area (Å²) in [6.07, 6.45) is 1.19. The minimum Gasteiger partial charge on any atom is -0.326 e. The Bertz CT molecular complexity index is 997. The summed E-state index contributed by atoms with van der Waals surface area (Å²) in [5.41, 5.74) is 4.46. The minimum atomic E-state index is -0.0765. The number of hydrogen-bond acceptors (Lipinski definition) is 2. The van der Waals surface area contributed by atoms with Crippen LogP contribution < -0.4 is 10.2 Å². The van der Waals surface area contributed by atoms with E-state index in [0.29, 0.717) is 17.7 Å². The summed E-state index contributed by atoms with van der Waals surface area (Å²) >= 11 is 0. The molecule has 0 saturated heterocycles. The third-order valence-electron chi connectivity index (χ3n) is 5.05. The summed E-state index contributed by atoms with van der Waals surface area (Å²) in [6, 6.07) is 24.9. The van der Waals surface area contributed by atoms with Crippen LogP contribution >= 0.6 is 0 Å². The van der Waals surface area contributed by atoms with E-state index in [1.807, 2.05) is 53.4 Å². The van der Waals surface area contributed by atoms with Crippen molar-refractivity contribution in [2.75, 3.05) is 10.2 Å². The molecule has 0 saturated carbocycles. The molecule has 1 aliphatic rings. The molecule has 4 rings (SSSR count). The Morgan fingerprint density at radius 1 is 0.929 bits per heavy atom. The molecule has 4 heteroatoms. The van der Waals surface area contributed by atoms with Crippen molar-refractivity contribution < 1.29 is 9.59 Å². The van der Waals surface area contributed by atoms with E-state index < -0.39 is 0 Å². The molecule has 1 heterocycles. The van der Waals surface area contributed by atoms with Gasteiger partial charge in [0, 0.05) is 23.0 Å². The fourth-order valence-corrected chi connectivity index (χ4v) is 3.70. The number of fused-ring (bicyclic) bond motifs is 1. The van der Waals surface area contributed by atoms with Gasteiger partial charge in [0.25, 0.3) is 5.91 Å². The molecule has 1 N–H and O–H groups in total. The van der Waals surface area contributed by atoms with Crippen LogP contribution in [0.15, 0.2) is 78.9 Å². The van der Waals surface area contributed by atoms with E-state index in [0.717, 1.165) is 17.7 Å². The number of carbonyl (C=O) groups excluding carboxylic acids is 2. The summed E-state index contributed by atoms with van der Waals surface area (Å²) < 4.78 is 0. The normalized spacial score (nSPS) is 15.2. The SMILES string of the molecule is CC1Cc2ccccc2N1C(=O)c1ccc(NC(=O)Cc2ccccc2)cc1. The van der Waals surface area contributed by atoms with Gasteiger partial charge in [0.15, 0.2) is 0 Å². The molecule has 1 aliphatic heterocycles.